The van der Waals surface area contributed by atoms with Gasteiger partial charge in [-0.1, -0.05) is 30.0 Å². The Kier molecular flexibility index (Phi) is 6.01. The van der Waals surface area contributed by atoms with Crippen molar-refractivity contribution in [3.05, 3.63) is 78.1 Å². The van der Waals surface area contributed by atoms with Gasteiger partial charge >= 0.3 is 0 Å². The normalized spacial score (nSPS) is 10.9. The van der Waals surface area contributed by atoms with Crippen LogP contribution in [0.2, 0.25) is 0 Å². The number of carbonyl (C=O) groups is 1. The quantitative estimate of drug-likeness (QED) is 0.633. The third-order valence-corrected chi connectivity index (χ3v) is 4.40. The summed E-state index contributed by atoms with van der Waals surface area (Å²) >= 11 is 0.459. The lowest BCUT2D eigenvalue weighted by molar-refractivity contribution is 0.0954. The van der Waals surface area contributed by atoms with Crippen LogP contribution in [0.4, 0.5) is 8.78 Å². The highest BCUT2D eigenvalue weighted by molar-refractivity contribution is 7.99. The summed E-state index contributed by atoms with van der Waals surface area (Å²) in [6.07, 6.45) is 2.48. The van der Waals surface area contributed by atoms with Crippen LogP contribution in [0.3, 0.4) is 0 Å². The number of halogens is 2. The number of hydrogen-bond donors (Lipinski definition) is 1. The molecule has 1 heterocycles. The van der Waals surface area contributed by atoms with E-state index >= 15 is 0 Å². The van der Waals surface area contributed by atoms with Crippen molar-refractivity contribution in [1.29, 1.82) is 0 Å². The molecule has 4 nitrogen and oxygen atoms in total. The maximum atomic E-state index is 12.3. The molecule has 0 aliphatic heterocycles. The molecule has 0 atom stereocenters. The van der Waals surface area contributed by atoms with Crippen molar-refractivity contribution in [2.24, 2.45) is 0 Å². The molecule has 0 saturated carbocycles. The van der Waals surface area contributed by atoms with Gasteiger partial charge in [-0.2, -0.15) is 13.9 Å². The van der Waals surface area contributed by atoms with Gasteiger partial charge in [-0.25, -0.2) is 4.68 Å². The van der Waals surface area contributed by atoms with Crippen molar-refractivity contribution in [2.75, 3.05) is 6.54 Å². The van der Waals surface area contributed by atoms with E-state index in [1.54, 1.807) is 16.8 Å². The monoisotopic (exact) mass is 373 g/mol. The van der Waals surface area contributed by atoms with Crippen molar-refractivity contribution in [2.45, 2.75) is 17.1 Å². The summed E-state index contributed by atoms with van der Waals surface area (Å²) < 4.78 is 26.4. The highest BCUT2D eigenvalue weighted by atomic mass is 32.2. The Hall–Kier alpha value is -2.67. The van der Waals surface area contributed by atoms with Gasteiger partial charge in [-0.05, 0) is 42.5 Å². The van der Waals surface area contributed by atoms with Crippen LogP contribution in [0.15, 0.2) is 71.8 Å². The highest BCUT2D eigenvalue weighted by Crippen LogP contribution is 2.25. The Bertz CT molecular complexity index is 851. The third-order valence-electron chi connectivity index (χ3n) is 3.67. The molecule has 7 heteroatoms. The second-order valence-electron chi connectivity index (χ2n) is 5.50. The fraction of sp³-hybridized carbons (Fsp3) is 0.158. The van der Waals surface area contributed by atoms with Crippen LogP contribution >= 0.6 is 11.8 Å². The molecule has 0 aliphatic rings. The fourth-order valence-corrected chi connectivity index (χ4v) is 2.91. The number of aromatic nitrogens is 2. The molecular weight excluding hydrogens is 356 g/mol. The maximum Gasteiger partial charge on any atom is 0.288 e. The number of hydrogen-bond acceptors (Lipinski definition) is 3. The van der Waals surface area contributed by atoms with Crippen LogP contribution in [0.1, 0.15) is 16.1 Å². The first-order valence-corrected chi connectivity index (χ1v) is 8.93. The molecule has 1 aromatic heterocycles. The fourth-order valence-electron chi connectivity index (χ4n) is 2.41. The summed E-state index contributed by atoms with van der Waals surface area (Å²) in [5.41, 5.74) is 2.29. The molecule has 0 spiro atoms. The maximum absolute atomic E-state index is 12.3. The molecule has 1 amide bonds. The number of alkyl halides is 2. The predicted octanol–water partition coefficient (Wildman–Crippen LogP) is 4.16. The average molecular weight is 373 g/mol. The summed E-state index contributed by atoms with van der Waals surface area (Å²) in [5, 5.41) is 7.29. The van der Waals surface area contributed by atoms with Crippen LogP contribution in [0, 0.1) is 0 Å². The van der Waals surface area contributed by atoms with Crippen molar-refractivity contribution >= 4 is 17.7 Å². The summed E-state index contributed by atoms with van der Waals surface area (Å²) in [4.78, 5) is 12.5. The lowest BCUT2D eigenvalue weighted by atomic mass is 10.2. The summed E-state index contributed by atoms with van der Waals surface area (Å²) in [6, 6.07) is 17.8. The van der Waals surface area contributed by atoms with E-state index in [-0.39, 0.29) is 5.91 Å². The zero-order valence-electron chi connectivity index (χ0n) is 13.8. The molecule has 26 heavy (non-hydrogen) atoms. The van der Waals surface area contributed by atoms with E-state index in [1.807, 2.05) is 42.6 Å². The number of nitrogens with zero attached hydrogens (tertiary/aromatic N) is 2. The average Bonchev–Trinajstić information content (AvgIpc) is 3.11. The van der Waals surface area contributed by atoms with Gasteiger partial charge in [0.2, 0.25) is 0 Å². The smallest absolute Gasteiger partial charge is 0.288 e. The minimum absolute atomic E-state index is 0.235. The molecule has 0 aliphatic carbocycles. The molecule has 3 aromatic rings. The first-order valence-electron chi connectivity index (χ1n) is 8.05. The number of rotatable bonds is 7. The molecule has 0 fully saturated rings. The summed E-state index contributed by atoms with van der Waals surface area (Å²) in [6.45, 7) is 0.443. The zero-order valence-corrected chi connectivity index (χ0v) is 14.6. The van der Waals surface area contributed by atoms with Gasteiger partial charge in [0.1, 0.15) is 0 Å². The van der Waals surface area contributed by atoms with Crippen LogP contribution < -0.4 is 5.32 Å². The molecule has 2 aromatic carbocycles. The van der Waals surface area contributed by atoms with Gasteiger partial charge in [0.25, 0.3) is 11.7 Å². The van der Waals surface area contributed by atoms with E-state index in [4.69, 9.17) is 0 Å². The molecule has 0 radical (unpaired) electrons. The van der Waals surface area contributed by atoms with Crippen molar-refractivity contribution in [3.8, 4) is 5.69 Å². The van der Waals surface area contributed by atoms with Crippen LogP contribution in [0.5, 0.6) is 0 Å². The second-order valence-corrected chi connectivity index (χ2v) is 6.56. The predicted molar refractivity (Wildman–Crippen MR) is 97.9 cm³/mol. The van der Waals surface area contributed by atoms with Crippen LogP contribution in [0.25, 0.3) is 5.69 Å². The highest BCUT2D eigenvalue weighted by Gasteiger charge is 2.08. The lowest BCUT2D eigenvalue weighted by Crippen LogP contribution is -2.25. The summed E-state index contributed by atoms with van der Waals surface area (Å²) in [5.74, 6) is -2.70. The Morgan fingerprint density at radius 3 is 2.50 bits per heavy atom. The van der Waals surface area contributed by atoms with Gasteiger partial charge in [0.05, 0.1) is 11.4 Å². The van der Waals surface area contributed by atoms with Gasteiger partial charge in [0.15, 0.2) is 0 Å². The minimum atomic E-state index is -2.47. The number of carbonyl (C=O) groups excluding carboxylic acids is 1. The largest absolute Gasteiger partial charge is 0.352 e. The SMILES string of the molecule is O=C(NCCc1ccn(-c2ccccc2)n1)c1ccc(SC(F)F)cc1. The van der Waals surface area contributed by atoms with E-state index in [9.17, 15) is 13.6 Å². The van der Waals surface area contributed by atoms with Gasteiger partial charge in [-0.15, -0.1) is 0 Å². The van der Waals surface area contributed by atoms with Gasteiger partial charge < -0.3 is 5.32 Å². The number of thioether (sulfide) groups is 1. The molecule has 3 rings (SSSR count). The Morgan fingerprint density at radius 2 is 1.81 bits per heavy atom. The topological polar surface area (TPSA) is 46.9 Å². The number of para-hydroxylation sites is 1. The molecule has 0 bridgehead atoms. The molecule has 0 saturated heterocycles. The number of benzene rings is 2. The van der Waals surface area contributed by atoms with Crippen LogP contribution in [-0.4, -0.2) is 28.0 Å². The number of nitrogens with one attached hydrogen (secondary N) is 1. The summed E-state index contributed by atoms with van der Waals surface area (Å²) in [7, 11) is 0. The van der Waals surface area contributed by atoms with Crippen molar-refractivity contribution in [3.63, 3.8) is 0 Å². The Morgan fingerprint density at radius 1 is 1.08 bits per heavy atom. The van der Waals surface area contributed by atoms with E-state index in [1.165, 1.54) is 12.1 Å². The van der Waals surface area contributed by atoms with E-state index in [0.29, 0.717) is 35.2 Å². The molecule has 134 valence electrons. The molecule has 0 unspecified atom stereocenters. The Labute approximate surface area is 154 Å². The zero-order chi connectivity index (χ0) is 18.4. The van der Waals surface area contributed by atoms with Gasteiger partial charge in [-0.3, -0.25) is 4.79 Å². The van der Waals surface area contributed by atoms with E-state index in [0.717, 1.165) is 11.4 Å². The van der Waals surface area contributed by atoms with E-state index < -0.39 is 5.76 Å². The van der Waals surface area contributed by atoms with Crippen molar-refractivity contribution in [1.82, 2.24) is 15.1 Å². The van der Waals surface area contributed by atoms with Crippen molar-refractivity contribution < 1.29 is 13.6 Å². The van der Waals surface area contributed by atoms with Gasteiger partial charge in [0, 0.05) is 29.6 Å². The first kappa shape index (κ1) is 18.1. The molecule has 1 N–H and O–H groups in total. The first-order chi connectivity index (χ1) is 12.6. The third kappa shape index (κ3) is 4.92. The Balaban J connectivity index is 1.50. The lowest BCUT2D eigenvalue weighted by Gasteiger charge is -2.05. The minimum Gasteiger partial charge on any atom is -0.352 e. The van der Waals surface area contributed by atoms with E-state index in [2.05, 4.69) is 10.4 Å². The standard InChI is InChI=1S/C19H17F2N3OS/c20-19(21)26-17-8-6-14(7-9-17)18(25)22-12-10-15-11-13-24(23-15)16-4-2-1-3-5-16/h1-9,11,13,19H,10,12H2,(H,22,25). The number of amides is 1. The van der Waals surface area contributed by atoms with Crippen LogP contribution in [-0.2, 0) is 6.42 Å². The molecular formula is C19H17F2N3OS. The second kappa shape index (κ2) is 8.62.